The van der Waals surface area contributed by atoms with Crippen molar-refractivity contribution >= 4 is 17.4 Å². The number of unbranched alkanes of at least 4 members (excludes halogenated alkanes) is 1. The molecule has 0 amide bonds. The van der Waals surface area contributed by atoms with Gasteiger partial charge in [-0.3, -0.25) is 0 Å². The predicted molar refractivity (Wildman–Crippen MR) is 72.0 cm³/mol. The van der Waals surface area contributed by atoms with Gasteiger partial charge in [-0.25, -0.2) is 9.37 Å². The van der Waals surface area contributed by atoms with Crippen molar-refractivity contribution in [3.63, 3.8) is 0 Å². The lowest BCUT2D eigenvalue weighted by molar-refractivity contribution is 0.631. The number of aromatic nitrogens is 2. The summed E-state index contributed by atoms with van der Waals surface area (Å²) in [6, 6.07) is 4.82. The monoisotopic (exact) mass is 267 g/mol. The first kappa shape index (κ1) is 12.9. The molecule has 0 fully saturated rings. The van der Waals surface area contributed by atoms with Gasteiger partial charge in [-0.15, -0.1) is 0 Å². The lowest BCUT2D eigenvalue weighted by Crippen LogP contribution is -2.02. The van der Waals surface area contributed by atoms with Gasteiger partial charge < -0.3 is 10.3 Å². The highest BCUT2D eigenvalue weighted by atomic mass is 35.5. The minimum absolute atomic E-state index is 0.0787. The summed E-state index contributed by atoms with van der Waals surface area (Å²) in [5.74, 6) is -0.00350. The summed E-state index contributed by atoms with van der Waals surface area (Å²) in [5.41, 5.74) is 6.78. The summed E-state index contributed by atoms with van der Waals surface area (Å²) in [6.07, 6.45) is 3.72. The van der Waals surface area contributed by atoms with Gasteiger partial charge in [0.25, 0.3) is 0 Å². The summed E-state index contributed by atoms with van der Waals surface area (Å²) in [4.78, 5) is 4.18. The maximum absolute atomic E-state index is 13.9. The molecule has 0 spiro atoms. The molecule has 0 aliphatic rings. The van der Waals surface area contributed by atoms with Crippen LogP contribution < -0.4 is 5.73 Å². The van der Waals surface area contributed by atoms with E-state index in [9.17, 15) is 4.39 Å². The van der Waals surface area contributed by atoms with Gasteiger partial charge in [0.2, 0.25) is 0 Å². The summed E-state index contributed by atoms with van der Waals surface area (Å²) >= 11 is 5.76. The smallest absolute Gasteiger partial charge is 0.151 e. The number of nitrogens with zero attached hydrogens (tertiary/aromatic N) is 2. The van der Waals surface area contributed by atoms with Gasteiger partial charge in [0.05, 0.1) is 11.3 Å². The zero-order valence-electron chi connectivity index (χ0n) is 10.2. The largest absolute Gasteiger partial charge is 0.383 e. The van der Waals surface area contributed by atoms with Gasteiger partial charge in [-0.2, -0.15) is 0 Å². The third-order valence-corrected chi connectivity index (χ3v) is 3.13. The molecule has 0 bridgehead atoms. The second-order valence-corrected chi connectivity index (χ2v) is 4.53. The number of halogens is 2. The highest BCUT2D eigenvalue weighted by molar-refractivity contribution is 6.31. The molecule has 2 rings (SSSR count). The third-order valence-electron chi connectivity index (χ3n) is 2.84. The first-order valence-electron chi connectivity index (χ1n) is 5.90. The summed E-state index contributed by atoms with van der Waals surface area (Å²) in [7, 11) is 0. The van der Waals surface area contributed by atoms with Crippen LogP contribution in [0.25, 0.3) is 11.3 Å². The first-order chi connectivity index (χ1) is 8.65. The Kier molecular flexibility index (Phi) is 3.87. The molecule has 0 unspecified atom stereocenters. The standard InChI is InChI=1S/C13H15ClFN3/c1-2-3-7-18-8-17-12(13(18)16)9-5-4-6-10(14)11(9)15/h4-6,8H,2-3,7,16H2,1H3. The van der Waals surface area contributed by atoms with Crippen molar-refractivity contribution in [3.8, 4) is 11.3 Å². The number of anilines is 1. The second-order valence-electron chi connectivity index (χ2n) is 4.13. The maximum atomic E-state index is 13.9. The van der Waals surface area contributed by atoms with Gasteiger partial charge in [0.15, 0.2) is 5.82 Å². The molecule has 0 radical (unpaired) electrons. The van der Waals surface area contributed by atoms with E-state index in [4.69, 9.17) is 17.3 Å². The molecule has 0 saturated carbocycles. The molecule has 1 aromatic carbocycles. The van der Waals surface area contributed by atoms with Crippen LogP contribution in [0, 0.1) is 5.82 Å². The number of nitrogen functional groups attached to an aromatic ring is 1. The Bertz CT molecular complexity index is 551. The molecule has 0 saturated heterocycles. The molecule has 0 aliphatic heterocycles. The molecule has 3 nitrogen and oxygen atoms in total. The molecule has 0 aliphatic carbocycles. The maximum Gasteiger partial charge on any atom is 0.151 e. The fourth-order valence-electron chi connectivity index (χ4n) is 1.79. The van der Waals surface area contributed by atoms with Crippen molar-refractivity contribution in [1.82, 2.24) is 9.55 Å². The van der Waals surface area contributed by atoms with E-state index in [1.165, 1.54) is 6.07 Å². The van der Waals surface area contributed by atoms with Crippen LogP contribution in [0.3, 0.4) is 0 Å². The van der Waals surface area contributed by atoms with Crippen molar-refractivity contribution in [3.05, 3.63) is 35.4 Å². The lowest BCUT2D eigenvalue weighted by Gasteiger charge is -2.06. The molecular formula is C13H15ClFN3. The average molecular weight is 268 g/mol. The summed E-state index contributed by atoms with van der Waals surface area (Å²) in [6.45, 7) is 2.89. The minimum atomic E-state index is -0.480. The van der Waals surface area contributed by atoms with Crippen LogP contribution in [0.15, 0.2) is 24.5 Å². The van der Waals surface area contributed by atoms with Crippen LogP contribution in [0.5, 0.6) is 0 Å². The van der Waals surface area contributed by atoms with Crippen molar-refractivity contribution in [1.29, 1.82) is 0 Å². The number of rotatable bonds is 4. The van der Waals surface area contributed by atoms with Gasteiger partial charge in [0, 0.05) is 12.1 Å². The number of imidazole rings is 1. The van der Waals surface area contributed by atoms with Crippen molar-refractivity contribution < 1.29 is 4.39 Å². The van der Waals surface area contributed by atoms with Crippen LogP contribution in [0.1, 0.15) is 19.8 Å². The lowest BCUT2D eigenvalue weighted by atomic mass is 10.1. The topological polar surface area (TPSA) is 43.8 Å². The predicted octanol–water partition coefficient (Wildman–Crippen LogP) is 3.72. The zero-order valence-corrected chi connectivity index (χ0v) is 10.9. The average Bonchev–Trinajstić information content (AvgIpc) is 2.72. The fraction of sp³-hybridized carbons (Fsp3) is 0.308. The summed E-state index contributed by atoms with van der Waals surface area (Å²) in [5, 5.41) is 0.0787. The minimum Gasteiger partial charge on any atom is -0.383 e. The Morgan fingerprint density at radius 2 is 2.22 bits per heavy atom. The highest BCUT2D eigenvalue weighted by Crippen LogP contribution is 2.30. The number of aryl methyl sites for hydroxylation is 1. The molecule has 1 aromatic heterocycles. The highest BCUT2D eigenvalue weighted by Gasteiger charge is 2.15. The third kappa shape index (κ3) is 2.34. The number of benzene rings is 1. The van der Waals surface area contributed by atoms with Crippen LogP contribution >= 0.6 is 11.6 Å². The van der Waals surface area contributed by atoms with Crippen LogP contribution in [0.2, 0.25) is 5.02 Å². The quantitative estimate of drug-likeness (QED) is 0.917. The number of hydrogen-bond acceptors (Lipinski definition) is 2. The Morgan fingerprint density at radius 1 is 1.44 bits per heavy atom. The van der Waals surface area contributed by atoms with Gasteiger partial charge in [0.1, 0.15) is 11.5 Å². The van der Waals surface area contributed by atoms with E-state index >= 15 is 0 Å². The Hall–Kier alpha value is -1.55. The molecule has 2 aromatic rings. The molecule has 2 N–H and O–H groups in total. The Labute approximate surface area is 110 Å². The Balaban J connectivity index is 2.39. The molecule has 96 valence electrons. The first-order valence-corrected chi connectivity index (χ1v) is 6.28. The fourth-order valence-corrected chi connectivity index (χ4v) is 1.97. The van der Waals surface area contributed by atoms with E-state index in [1.807, 2.05) is 4.57 Å². The van der Waals surface area contributed by atoms with Gasteiger partial charge >= 0.3 is 0 Å². The SMILES string of the molecule is CCCCn1cnc(-c2cccc(Cl)c2F)c1N. The summed E-state index contributed by atoms with van der Waals surface area (Å²) < 4.78 is 15.7. The van der Waals surface area contributed by atoms with Crippen molar-refractivity contribution in [2.75, 3.05) is 5.73 Å². The van der Waals surface area contributed by atoms with E-state index in [1.54, 1.807) is 18.5 Å². The van der Waals surface area contributed by atoms with Crippen molar-refractivity contribution in [2.24, 2.45) is 0 Å². The normalized spacial score (nSPS) is 10.8. The van der Waals surface area contributed by atoms with Crippen LogP contribution in [-0.2, 0) is 6.54 Å². The number of nitrogens with two attached hydrogens (primary N) is 1. The Morgan fingerprint density at radius 3 is 2.94 bits per heavy atom. The van der Waals surface area contributed by atoms with Gasteiger partial charge in [-0.05, 0) is 18.6 Å². The molecule has 5 heteroatoms. The molecule has 0 atom stereocenters. The second kappa shape index (κ2) is 5.40. The van der Waals surface area contributed by atoms with E-state index in [0.29, 0.717) is 17.1 Å². The zero-order chi connectivity index (χ0) is 13.1. The molecule has 1 heterocycles. The molecule has 18 heavy (non-hydrogen) atoms. The van der Waals surface area contributed by atoms with E-state index < -0.39 is 5.82 Å². The molecular weight excluding hydrogens is 253 g/mol. The van der Waals surface area contributed by atoms with E-state index in [2.05, 4.69) is 11.9 Å². The van der Waals surface area contributed by atoms with Crippen LogP contribution in [0.4, 0.5) is 10.2 Å². The van der Waals surface area contributed by atoms with Crippen LogP contribution in [-0.4, -0.2) is 9.55 Å². The number of hydrogen-bond donors (Lipinski definition) is 1. The van der Waals surface area contributed by atoms with Crippen molar-refractivity contribution in [2.45, 2.75) is 26.3 Å². The van der Waals surface area contributed by atoms with Gasteiger partial charge in [-0.1, -0.05) is 31.0 Å². The van der Waals surface area contributed by atoms with E-state index in [-0.39, 0.29) is 5.02 Å². The van der Waals surface area contributed by atoms with E-state index in [0.717, 1.165) is 19.4 Å².